The van der Waals surface area contributed by atoms with Gasteiger partial charge in [-0.05, 0) is 54.7 Å². The molecule has 0 heterocycles. The monoisotopic (exact) mass is 318 g/mol. The fraction of sp³-hybridized carbons (Fsp3) is 0.500. The molecule has 1 aromatic rings. The van der Waals surface area contributed by atoms with Crippen LogP contribution in [0, 0.1) is 10.5 Å². The molecule has 0 fully saturated rings. The van der Waals surface area contributed by atoms with Crippen molar-refractivity contribution < 1.29 is 0 Å². The van der Waals surface area contributed by atoms with Gasteiger partial charge < -0.3 is 10.2 Å². The number of benzene rings is 1. The molecule has 2 nitrogen and oxygen atoms in total. The van der Waals surface area contributed by atoms with Crippen LogP contribution in [0.1, 0.15) is 11.1 Å². The molecule has 0 aromatic heterocycles. The van der Waals surface area contributed by atoms with Crippen LogP contribution in [-0.4, -0.2) is 32.1 Å². The average molecular weight is 318 g/mol. The van der Waals surface area contributed by atoms with Crippen LogP contribution in [-0.2, 0) is 6.54 Å². The molecule has 1 N–H and O–H groups in total. The second-order valence-corrected chi connectivity index (χ2v) is 5.11. The number of aryl methyl sites for hydroxylation is 1. The van der Waals surface area contributed by atoms with Crippen molar-refractivity contribution in [3.63, 3.8) is 0 Å². The predicted octanol–water partition coefficient (Wildman–Crippen LogP) is 2.25. The van der Waals surface area contributed by atoms with Crippen molar-refractivity contribution in [3.05, 3.63) is 32.9 Å². The quantitative estimate of drug-likeness (QED) is 0.662. The Bertz CT molecular complexity index is 310. The smallest absolute Gasteiger partial charge is 0.0216 e. The van der Waals surface area contributed by atoms with Crippen LogP contribution in [0.25, 0.3) is 0 Å². The Balaban J connectivity index is 2.41. The van der Waals surface area contributed by atoms with Crippen molar-refractivity contribution in [2.45, 2.75) is 13.5 Å². The van der Waals surface area contributed by atoms with Crippen molar-refractivity contribution >= 4 is 22.6 Å². The maximum atomic E-state index is 3.45. The lowest BCUT2D eigenvalue weighted by molar-refractivity contribution is 0.400. The summed E-state index contributed by atoms with van der Waals surface area (Å²) in [6.45, 7) is 5.25. The Hall–Kier alpha value is -0.130. The lowest BCUT2D eigenvalue weighted by Gasteiger charge is -2.11. The number of halogens is 1. The summed E-state index contributed by atoms with van der Waals surface area (Å²) in [4.78, 5) is 2.19. The van der Waals surface area contributed by atoms with E-state index in [0.29, 0.717) is 0 Å². The fourth-order valence-electron chi connectivity index (χ4n) is 1.37. The van der Waals surface area contributed by atoms with Crippen molar-refractivity contribution in [3.8, 4) is 0 Å². The van der Waals surface area contributed by atoms with Crippen LogP contribution in [0.3, 0.4) is 0 Å². The summed E-state index contributed by atoms with van der Waals surface area (Å²) in [5, 5.41) is 3.45. The largest absolute Gasteiger partial charge is 0.311 e. The first-order valence-corrected chi connectivity index (χ1v) is 6.28. The van der Waals surface area contributed by atoms with E-state index in [9.17, 15) is 0 Å². The second kappa shape index (κ2) is 6.45. The minimum absolute atomic E-state index is 0.966. The van der Waals surface area contributed by atoms with Crippen LogP contribution >= 0.6 is 22.6 Å². The average Bonchev–Trinajstić information content (AvgIpc) is 2.18. The molecule has 0 radical (unpaired) electrons. The molecule has 0 saturated carbocycles. The van der Waals surface area contributed by atoms with E-state index in [-0.39, 0.29) is 0 Å². The highest BCUT2D eigenvalue weighted by Gasteiger charge is 2.01. The molecular formula is C12H19IN2. The van der Waals surface area contributed by atoms with Crippen LogP contribution < -0.4 is 5.32 Å². The van der Waals surface area contributed by atoms with Gasteiger partial charge in [0.25, 0.3) is 0 Å². The van der Waals surface area contributed by atoms with Gasteiger partial charge in [0.1, 0.15) is 0 Å². The molecule has 84 valence electrons. The van der Waals surface area contributed by atoms with Gasteiger partial charge in [-0.3, -0.25) is 0 Å². The van der Waals surface area contributed by atoms with Gasteiger partial charge in [-0.2, -0.15) is 0 Å². The number of hydrogen-bond acceptors (Lipinski definition) is 2. The van der Waals surface area contributed by atoms with E-state index in [4.69, 9.17) is 0 Å². The van der Waals surface area contributed by atoms with E-state index in [1.165, 1.54) is 14.7 Å². The molecule has 0 aliphatic heterocycles. The topological polar surface area (TPSA) is 15.3 Å². The maximum absolute atomic E-state index is 3.45. The molecule has 0 aliphatic carbocycles. The van der Waals surface area contributed by atoms with Gasteiger partial charge >= 0.3 is 0 Å². The van der Waals surface area contributed by atoms with Gasteiger partial charge in [0.05, 0.1) is 0 Å². The zero-order valence-corrected chi connectivity index (χ0v) is 11.8. The van der Waals surface area contributed by atoms with E-state index >= 15 is 0 Å². The Kier molecular flexibility index (Phi) is 5.56. The fourth-order valence-corrected chi connectivity index (χ4v) is 1.92. The zero-order valence-electron chi connectivity index (χ0n) is 9.68. The van der Waals surface area contributed by atoms with Crippen LogP contribution in [0.5, 0.6) is 0 Å². The Morgan fingerprint density at radius 2 is 2.07 bits per heavy atom. The van der Waals surface area contributed by atoms with Crippen LogP contribution in [0.15, 0.2) is 18.2 Å². The Morgan fingerprint density at radius 1 is 1.33 bits per heavy atom. The van der Waals surface area contributed by atoms with Gasteiger partial charge in [-0.15, -0.1) is 0 Å². The van der Waals surface area contributed by atoms with E-state index in [0.717, 1.165) is 19.6 Å². The number of nitrogens with zero attached hydrogens (tertiary/aromatic N) is 1. The van der Waals surface area contributed by atoms with E-state index in [1.807, 2.05) is 0 Å². The van der Waals surface area contributed by atoms with Gasteiger partial charge in [-0.25, -0.2) is 0 Å². The van der Waals surface area contributed by atoms with E-state index in [2.05, 4.69) is 72.0 Å². The molecule has 0 aliphatic rings. The predicted molar refractivity (Wildman–Crippen MR) is 74.2 cm³/mol. The molecule has 0 unspecified atom stereocenters. The standard InChI is InChI=1S/C12H19IN2/c1-10-5-4-6-11(12(10)13)9-14-7-8-15(2)3/h4-6,14H,7-9H2,1-3H3. The molecule has 0 saturated heterocycles. The highest BCUT2D eigenvalue weighted by atomic mass is 127. The lowest BCUT2D eigenvalue weighted by atomic mass is 10.1. The molecule has 0 amide bonds. The zero-order chi connectivity index (χ0) is 11.3. The third-order valence-corrected chi connectivity index (χ3v) is 3.87. The molecule has 0 bridgehead atoms. The lowest BCUT2D eigenvalue weighted by Crippen LogP contribution is -2.26. The second-order valence-electron chi connectivity index (χ2n) is 4.03. The summed E-state index contributed by atoms with van der Waals surface area (Å²) in [6.07, 6.45) is 0. The Labute approximate surface area is 106 Å². The third kappa shape index (κ3) is 4.49. The molecule has 15 heavy (non-hydrogen) atoms. The molecule has 1 rings (SSSR count). The van der Waals surface area contributed by atoms with Crippen LogP contribution in [0.4, 0.5) is 0 Å². The molecule has 3 heteroatoms. The number of hydrogen-bond donors (Lipinski definition) is 1. The van der Waals surface area contributed by atoms with E-state index in [1.54, 1.807) is 0 Å². The summed E-state index contributed by atoms with van der Waals surface area (Å²) in [7, 11) is 4.19. The van der Waals surface area contributed by atoms with Crippen molar-refractivity contribution in [1.82, 2.24) is 10.2 Å². The molecule has 0 spiro atoms. The van der Waals surface area contributed by atoms with Gasteiger partial charge in [0, 0.05) is 23.2 Å². The van der Waals surface area contributed by atoms with Gasteiger partial charge in [0.15, 0.2) is 0 Å². The van der Waals surface area contributed by atoms with Gasteiger partial charge in [-0.1, -0.05) is 18.2 Å². The van der Waals surface area contributed by atoms with E-state index < -0.39 is 0 Å². The van der Waals surface area contributed by atoms with Crippen molar-refractivity contribution in [2.75, 3.05) is 27.2 Å². The SMILES string of the molecule is Cc1cccc(CNCCN(C)C)c1I. The summed E-state index contributed by atoms with van der Waals surface area (Å²) in [6, 6.07) is 6.48. The first kappa shape index (κ1) is 12.9. The highest BCUT2D eigenvalue weighted by Crippen LogP contribution is 2.16. The van der Waals surface area contributed by atoms with Crippen molar-refractivity contribution in [1.29, 1.82) is 0 Å². The van der Waals surface area contributed by atoms with Crippen LogP contribution in [0.2, 0.25) is 0 Å². The highest BCUT2D eigenvalue weighted by molar-refractivity contribution is 14.1. The summed E-state index contributed by atoms with van der Waals surface area (Å²) in [5.74, 6) is 0. The van der Waals surface area contributed by atoms with Gasteiger partial charge in [0.2, 0.25) is 0 Å². The summed E-state index contributed by atoms with van der Waals surface area (Å²) in [5.41, 5.74) is 2.76. The summed E-state index contributed by atoms with van der Waals surface area (Å²) >= 11 is 2.42. The number of rotatable bonds is 5. The molecular weight excluding hydrogens is 299 g/mol. The summed E-state index contributed by atoms with van der Waals surface area (Å²) < 4.78 is 1.38. The first-order chi connectivity index (χ1) is 7.11. The molecule has 0 atom stereocenters. The third-order valence-electron chi connectivity index (χ3n) is 2.32. The number of likely N-dealkylation sites (N-methyl/N-ethyl adjacent to an activating group) is 1. The normalized spacial score (nSPS) is 11.0. The maximum Gasteiger partial charge on any atom is 0.0216 e. The molecule has 1 aromatic carbocycles. The Morgan fingerprint density at radius 3 is 2.73 bits per heavy atom. The minimum Gasteiger partial charge on any atom is -0.311 e. The number of nitrogens with one attached hydrogen (secondary N) is 1. The first-order valence-electron chi connectivity index (χ1n) is 5.20. The van der Waals surface area contributed by atoms with Crippen molar-refractivity contribution in [2.24, 2.45) is 0 Å². The minimum atomic E-state index is 0.966.